The van der Waals surface area contributed by atoms with Crippen molar-refractivity contribution >= 4 is 16.8 Å². The highest BCUT2D eigenvalue weighted by atomic mass is 35.5. The fraction of sp³-hybridized carbons (Fsp3) is 0.200. The minimum Gasteiger partial charge on any atom is -0.493 e. The summed E-state index contributed by atoms with van der Waals surface area (Å²) in [5.41, 5.74) is -1.19. The fourth-order valence-corrected chi connectivity index (χ4v) is 2.13. The molecule has 0 aliphatic rings. The van der Waals surface area contributed by atoms with Crippen LogP contribution < -0.4 is 9.47 Å². The lowest BCUT2D eigenvalue weighted by molar-refractivity contribution is -0.141. The van der Waals surface area contributed by atoms with Gasteiger partial charge in [-0.15, -0.1) is 0 Å². The zero-order valence-electron chi connectivity index (χ0n) is 12.1. The number of benzene rings is 1. The van der Waals surface area contributed by atoms with Crippen molar-refractivity contribution in [2.45, 2.75) is 6.18 Å². The molecule has 0 atom stereocenters. The van der Waals surface area contributed by atoms with Gasteiger partial charge in [-0.3, -0.25) is 4.79 Å². The smallest absolute Gasteiger partial charge is 0.433 e. The van der Waals surface area contributed by atoms with Crippen LogP contribution in [0.3, 0.4) is 0 Å². The number of carbonyl (C=O) groups is 1. The molecule has 0 amide bonds. The molecule has 2 aromatic rings. The first kappa shape index (κ1) is 17.1. The SMILES string of the molecule is COc1ccc(-c2nc(C(F)(F)F)ccc2C(=O)Cl)cc1OC. The van der Waals surface area contributed by atoms with Crippen molar-refractivity contribution in [2.24, 2.45) is 0 Å². The minimum atomic E-state index is -4.64. The molecule has 0 aliphatic carbocycles. The normalized spacial score (nSPS) is 11.2. The number of aromatic nitrogens is 1. The van der Waals surface area contributed by atoms with Crippen LogP contribution in [-0.4, -0.2) is 24.4 Å². The van der Waals surface area contributed by atoms with Crippen LogP contribution in [0, 0.1) is 0 Å². The molecular weight excluding hydrogens is 335 g/mol. The molecule has 0 unspecified atom stereocenters. The molecule has 1 aromatic heterocycles. The first-order valence-corrected chi connectivity index (χ1v) is 6.66. The third-order valence-corrected chi connectivity index (χ3v) is 3.26. The Balaban J connectivity index is 2.67. The van der Waals surface area contributed by atoms with Gasteiger partial charge in [-0.25, -0.2) is 4.98 Å². The monoisotopic (exact) mass is 345 g/mol. The highest BCUT2D eigenvalue weighted by Crippen LogP contribution is 2.35. The highest BCUT2D eigenvalue weighted by Gasteiger charge is 2.33. The van der Waals surface area contributed by atoms with E-state index >= 15 is 0 Å². The van der Waals surface area contributed by atoms with Gasteiger partial charge in [0, 0.05) is 5.56 Å². The van der Waals surface area contributed by atoms with Gasteiger partial charge in [0.1, 0.15) is 5.69 Å². The Bertz CT molecular complexity index is 747. The number of methoxy groups -OCH3 is 2. The van der Waals surface area contributed by atoms with Gasteiger partial charge < -0.3 is 9.47 Å². The molecule has 23 heavy (non-hydrogen) atoms. The summed E-state index contributed by atoms with van der Waals surface area (Å²) in [4.78, 5) is 15.0. The molecule has 0 saturated carbocycles. The van der Waals surface area contributed by atoms with E-state index in [9.17, 15) is 18.0 Å². The van der Waals surface area contributed by atoms with Gasteiger partial charge in [-0.05, 0) is 41.9 Å². The molecule has 1 aromatic carbocycles. The topological polar surface area (TPSA) is 48.4 Å². The van der Waals surface area contributed by atoms with Gasteiger partial charge in [0.2, 0.25) is 0 Å². The van der Waals surface area contributed by atoms with Crippen LogP contribution in [0.5, 0.6) is 11.5 Å². The molecule has 122 valence electrons. The van der Waals surface area contributed by atoms with Gasteiger partial charge in [0.15, 0.2) is 11.5 Å². The molecule has 4 nitrogen and oxygen atoms in total. The summed E-state index contributed by atoms with van der Waals surface area (Å²) in [6.07, 6.45) is -4.64. The summed E-state index contributed by atoms with van der Waals surface area (Å²) >= 11 is 5.44. The zero-order chi connectivity index (χ0) is 17.2. The third kappa shape index (κ3) is 3.56. The average molecular weight is 346 g/mol. The first-order valence-electron chi connectivity index (χ1n) is 6.28. The van der Waals surface area contributed by atoms with Gasteiger partial charge in [0.05, 0.1) is 25.5 Å². The van der Waals surface area contributed by atoms with Crippen molar-refractivity contribution in [1.82, 2.24) is 4.98 Å². The lowest BCUT2D eigenvalue weighted by Gasteiger charge is -2.13. The molecule has 0 saturated heterocycles. The van der Waals surface area contributed by atoms with E-state index in [2.05, 4.69) is 4.98 Å². The Labute approximate surface area is 134 Å². The number of hydrogen-bond acceptors (Lipinski definition) is 4. The molecule has 0 fully saturated rings. The number of hydrogen-bond donors (Lipinski definition) is 0. The Kier molecular flexibility index (Phi) is 4.79. The summed E-state index contributed by atoms with van der Waals surface area (Å²) < 4.78 is 48.7. The van der Waals surface area contributed by atoms with E-state index in [4.69, 9.17) is 21.1 Å². The van der Waals surface area contributed by atoms with Crippen molar-refractivity contribution in [3.05, 3.63) is 41.6 Å². The summed E-state index contributed by atoms with van der Waals surface area (Å²) in [6.45, 7) is 0. The summed E-state index contributed by atoms with van der Waals surface area (Å²) in [7, 11) is 2.81. The van der Waals surface area contributed by atoms with Gasteiger partial charge >= 0.3 is 6.18 Å². The van der Waals surface area contributed by atoms with Crippen molar-refractivity contribution in [3.8, 4) is 22.8 Å². The van der Waals surface area contributed by atoms with E-state index < -0.39 is 17.1 Å². The summed E-state index contributed by atoms with van der Waals surface area (Å²) in [6, 6.07) is 6.09. The number of nitrogens with zero attached hydrogens (tertiary/aromatic N) is 1. The van der Waals surface area contributed by atoms with E-state index in [1.807, 2.05) is 0 Å². The van der Waals surface area contributed by atoms with Crippen molar-refractivity contribution in [3.63, 3.8) is 0 Å². The number of ether oxygens (including phenoxy) is 2. The first-order chi connectivity index (χ1) is 10.8. The maximum absolute atomic E-state index is 12.9. The zero-order valence-corrected chi connectivity index (χ0v) is 12.8. The lowest BCUT2D eigenvalue weighted by Crippen LogP contribution is -2.10. The lowest BCUT2D eigenvalue weighted by atomic mass is 10.0. The predicted molar refractivity (Wildman–Crippen MR) is 78.0 cm³/mol. The van der Waals surface area contributed by atoms with E-state index in [0.29, 0.717) is 11.8 Å². The van der Waals surface area contributed by atoms with E-state index in [-0.39, 0.29) is 22.6 Å². The molecular formula is C15H11ClF3NO3. The standard InChI is InChI=1S/C15H11ClF3NO3/c1-22-10-5-3-8(7-11(10)23-2)13-9(14(16)21)4-6-12(20-13)15(17,18)19/h3-7H,1-2H3. The van der Waals surface area contributed by atoms with Crippen LogP contribution in [-0.2, 0) is 6.18 Å². The van der Waals surface area contributed by atoms with Crippen molar-refractivity contribution < 1.29 is 27.4 Å². The Hall–Kier alpha value is -2.28. The second kappa shape index (κ2) is 6.45. The second-order valence-electron chi connectivity index (χ2n) is 4.43. The maximum Gasteiger partial charge on any atom is 0.433 e. The summed E-state index contributed by atoms with van der Waals surface area (Å²) in [5.74, 6) is 0.680. The highest BCUT2D eigenvalue weighted by molar-refractivity contribution is 6.68. The minimum absolute atomic E-state index is 0.133. The summed E-state index contributed by atoms with van der Waals surface area (Å²) in [5, 5.41) is -0.906. The second-order valence-corrected chi connectivity index (χ2v) is 4.78. The number of alkyl halides is 3. The fourth-order valence-electron chi connectivity index (χ4n) is 1.98. The van der Waals surface area contributed by atoms with E-state index in [0.717, 1.165) is 6.07 Å². The van der Waals surface area contributed by atoms with E-state index in [1.165, 1.54) is 32.4 Å². The number of carbonyl (C=O) groups excluding carboxylic acids is 1. The molecule has 0 spiro atoms. The third-order valence-electron chi connectivity index (χ3n) is 3.05. The van der Waals surface area contributed by atoms with Gasteiger partial charge in [-0.2, -0.15) is 13.2 Å². The largest absolute Gasteiger partial charge is 0.493 e. The molecule has 0 N–H and O–H groups in total. The molecule has 2 rings (SSSR count). The average Bonchev–Trinajstić information content (AvgIpc) is 2.52. The van der Waals surface area contributed by atoms with Crippen LogP contribution >= 0.6 is 11.6 Å². The van der Waals surface area contributed by atoms with Crippen LogP contribution in [0.4, 0.5) is 13.2 Å². The van der Waals surface area contributed by atoms with Gasteiger partial charge in [0.25, 0.3) is 5.24 Å². The number of pyridine rings is 1. The van der Waals surface area contributed by atoms with Crippen LogP contribution in [0.25, 0.3) is 11.3 Å². The van der Waals surface area contributed by atoms with Crippen LogP contribution in [0.15, 0.2) is 30.3 Å². The van der Waals surface area contributed by atoms with Crippen molar-refractivity contribution in [1.29, 1.82) is 0 Å². The molecule has 1 heterocycles. The Morgan fingerprint density at radius 2 is 1.74 bits per heavy atom. The number of halogens is 4. The number of rotatable bonds is 4. The molecule has 8 heteroatoms. The molecule has 0 bridgehead atoms. The van der Waals surface area contributed by atoms with Gasteiger partial charge in [-0.1, -0.05) is 0 Å². The van der Waals surface area contributed by atoms with Crippen molar-refractivity contribution in [2.75, 3.05) is 14.2 Å². The molecule has 0 radical (unpaired) electrons. The Morgan fingerprint density at radius 1 is 1.09 bits per heavy atom. The maximum atomic E-state index is 12.9. The van der Waals surface area contributed by atoms with Crippen LogP contribution in [0.2, 0.25) is 0 Å². The molecule has 0 aliphatic heterocycles. The van der Waals surface area contributed by atoms with Crippen LogP contribution in [0.1, 0.15) is 16.1 Å². The van der Waals surface area contributed by atoms with E-state index in [1.54, 1.807) is 0 Å². The predicted octanol–water partition coefficient (Wildman–Crippen LogP) is 4.16. The Morgan fingerprint density at radius 3 is 2.26 bits per heavy atom. The quantitative estimate of drug-likeness (QED) is 0.781.